The Balaban J connectivity index is 1.66. The number of urea groups is 1. The van der Waals surface area contributed by atoms with Gasteiger partial charge in [0, 0.05) is 37.9 Å². The van der Waals surface area contributed by atoms with Gasteiger partial charge >= 0.3 is 6.03 Å². The molecule has 0 bridgehead atoms. The van der Waals surface area contributed by atoms with E-state index in [-0.39, 0.29) is 17.6 Å². The lowest BCUT2D eigenvalue weighted by molar-refractivity contribution is 0.174. The molecule has 2 aliphatic heterocycles. The van der Waals surface area contributed by atoms with Crippen LogP contribution in [0.15, 0.2) is 16.9 Å². The third kappa shape index (κ3) is 2.63. The highest BCUT2D eigenvalue weighted by Crippen LogP contribution is 2.15. The van der Waals surface area contributed by atoms with Crippen molar-refractivity contribution in [2.45, 2.75) is 25.4 Å². The topological polar surface area (TPSA) is 74.4 Å². The van der Waals surface area contributed by atoms with Crippen LogP contribution in [0.25, 0.3) is 0 Å². The second-order valence-corrected chi connectivity index (χ2v) is 5.01. The normalized spacial score (nSPS) is 22.1. The minimum Gasteiger partial charge on any atom is -0.379 e. The summed E-state index contributed by atoms with van der Waals surface area (Å²) in [7, 11) is 0. The summed E-state index contributed by atoms with van der Waals surface area (Å²) in [4.78, 5) is 27.9. The summed E-state index contributed by atoms with van der Waals surface area (Å²) >= 11 is 0. The summed E-state index contributed by atoms with van der Waals surface area (Å²) in [6.07, 6.45) is 1.57. The molecule has 2 N–H and O–H groups in total. The highest BCUT2D eigenvalue weighted by atomic mass is 16.5. The molecule has 2 amide bonds. The Labute approximate surface area is 110 Å². The first kappa shape index (κ1) is 12.2. The Bertz CT molecular complexity index is 534. The molecule has 1 fully saturated rings. The lowest BCUT2D eigenvalue weighted by Gasteiger charge is -2.29. The molecule has 2 aliphatic rings. The first-order valence-electron chi connectivity index (χ1n) is 6.56. The van der Waals surface area contributed by atoms with Crippen LogP contribution < -0.4 is 10.9 Å². The summed E-state index contributed by atoms with van der Waals surface area (Å²) in [5.74, 6) is 0. The fraction of sp³-hybridized carbons (Fsp3) is 0.538. The predicted molar refractivity (Wildman–Crippen MR) is 68.9 cm³/mol. The number of hydrogen-bond donors (Lipinski definition) is 2. The molecule has 6 nitrogen and oxygen atoms in total. The second kappa shape index (κ2) is 5.05. The molecule has 102 valence electrons. The van der Waals surface area contributed by atoms with E-state index in [4.69, 9.17) is 4.74 Å². The standard InChI is InChI=1S/C13H17N3O3/c17-12-2-1-9-7-16(5-3-11(9)15-12)13(18)14-10-4-6-19-8-10/h1-2,10H,3-8H2,(H,14,18)(H,15,17). The molecular formula is C13H17N3O3. The summed E-state index contributed by atoms with van der Waals surface area (Å²) in [5.41, 5.74) is 1.88. The summed E-state index contributed by atoms with van der Waals surface area (Å²) in [6.45, 7) is 2.50. The number of fused-ring (bicyclic) bond motifs is 1. The van der Waals surface area contributed by atoms with Gasteiger partial charge in [0.1, 0.15) is 0 Å². The van der Waals surface area contributed by atoms with Gasteiger partial charge in [-0.15, -0.1) is 0 Å². The highest BCUT2D eigenvalue weighted by molar-refractivity contribution is 5.74. The summed E-state index contributed by atoms with van der Waals surface area (Å²) in [6, 6.07) is 3.38. The van der Waals surface area contributed by atoms with Gasteiger partial charge in [0.2, 0.25) is 5.56 Å². The first-order valence-corrected chi connectivity index (χ1v) is 6.56. The van der Waals surface area contributed by atoms with E-state index in [1.807, 2.05) is 0 Å². The van der Waals surface area contributed by atoms with Crippen LogP contribution in [0.5, 0.6) is 0 Å². The van der Waals surface area contributed by atoms with Crippen molar-refractivity contribution in [3.63, 3.8) is 0 Å². The van der Waals surface area contributed by atoms with E-state index in [0.29, 0.717) is 26.1 Å². The third-order valence-corrected chi connectivity index (χ3v) is 3.64. The van der Waals surface area contributed by atoms with Crippen LogP contribution in [-0.4, -0.2) is 41.7 Å². The van der Waals surface area contributed by atoms with Gasteiger partial charge in [-0.2, -0.15) is 0 Å². The fourth-order valence-corrected chi connectivity index (χ4v) is 2.54. The van der Waals surface area contributed by atoms with Crippen molar-refractivity contribution in [2.24, 2.45) is 0 Å². The number of hydrogen-bond acceptors (Lipinski definition) is 3. The summed E-state index contributed by atoms with van der Waals surface area (Å²) in [5, 5.41) is 2.98. The van der Waals surface area contributed by atoms with Crippen LogP contribution in [0.3, 0.4) is 0 Å². The number of aromatic amines is 1. The molecule has 3 rings (SSSR count). The Kier molecular flexibility index (Phi) is 3.25. The van der Waals surface area contributed by atoms with Crippen LogP contribution >= 0.6 is 0 Å². The van der Waals surface area contributed by atoms with E-state index in [2.05, 4.69) is 10.3 Å². The predicted octanol–water partition coefficient (Wildman–Crippen LogP) is 0.231. The maximum Gasteiger partial charge on any atom is 0.318 e. The maximum absolute atomic E-state index is 12.1. The second-order valence-electron chi connectivity index (χ2n) is 5.01. The molecule has 0 aromatic carbocycles. The molecular weight excluding hydrogens is 246 g/mol. The van der Waals surface area contributed by atoms with Gasteiger partial charge in [-0.25, -0.2) is 4.79 Å². The number of aromatic nitrogens is 1. The molecule has 0 saturated carbocycles. The lowest BCUT2D eigenvalue weighted by atomic mass is 10.1. The van der Waals surface area contributed by atoms with Crippen molar-refractivity contribution in [2.75, 3.05) is 19.8 Å². The number of H-pyrrole nitrogens is 1. The Morgan fingerprint density at radius 2 is 2.37 bits per heavy atom. The van der Waals surface area contributed by atoms with E-state index in [1.165, 1.54) is 6.07 Å². The Morgan fingerprint density at radius 3 is 3.16 bits per heavy atom. The minimum absolute atomic E-state index is 0.0487. The molecule has 1 atom stereocenters. The molecule has 1 saturated heterocycles. The zero-order valence-electron chi connectivity index (χ0n) is 10.6. The first-order chi connectivity index (χ1) is 9.22. The average Bonchev–Trinajstić information content (AvgIpc) is 2.91. The van der Waals surface area contributed by atoms with Crippen molar-refractivity contribution in [1.82, 2.24) is 15.2 Å². The Hall–Kier alpha value is -1.82. The Morgan fingerprint density at radius 1 is 1.47 bits per heavy atom. The van der Waals surface area contributed by atoms with Crippen LogP contribution in [-0.2, 0) is 17.7 Å². The van der Waals surface area contributed by atoms with Gasteiger partial charge in [-0.1, -0.05) is 6.07 Å². The van der Waals surface area contributed by atoms with E-state index in [0.717, 1.165) is 24.3 Å². The highest BCUT2D eigenvalue weighted by Gasteiger charge is 2.24. The quantitative estimate of drug-likeness (QED) is 0.761. The van der Waals surface area contributed by atoms with Crippen LogP contribution in [0.4, 0.5) is 4.79 Å². The lowest BCUT2D eigenvalue weighted by Crippen LogP contribution is -2.47. The number of nitrogens with zero attached hydrogens (tertiary/aromatic N) is 1. The van der Waals surface area contributed by atoms with E-state index < -0.39 is 0 Å². The largest absolute Gasteiger partial charge is 0.379 e. The van der Waals surface area contributed by atoms with Gasteiger partial charge in [-0.05, 0) is 12.0 Å². The minimum atomic E-state index is -0.0836. The SMILES string of the molecule is O=C(NC1CCOC1)N1CCc2[nH]c(=O)ccc2C1. The van der Waals surface area contributed by atoms with Crippen molar-refractivity contribution in [3.8, 4) is 0 Å². The van der Waals surface area contributed by atoms with E-state index in [9.17, 15) is 9.59 Å². The molecule has 1 aromatic rings. The average molecular weight is 263 g/mol. The van der Waals surface area contributed by atoms with Gasteiger partial charge in [0.15, 0.2) is 0 Å². The number of pyridine rings is 1. The number of carbonyl (C=O) groups excluding carboxylic acids is 1. The number of amides is 2. The van der Waals surface area contributed by atoms with Crippen molar-refractivity contribution >= 4 is 6.03 Å². The molecule has 1 unspecified atom stereocenters. The third-order valence-electron chi connectivity index (χ3n) is 3.64. The van der Waals surface area contributed by atoms with Crippen LogP contribution in [0.1, 0.15) is 17.7 Å². The van der Waals surface area contributed by atoms with Crippen LogP contribution in [0, 0.1) is 0 Å². The molecule has 3 heterocycles. The van der Waals surface area contributed by atoms with Gasteiger partial charge in [0.05, 0.1) is 12.6 Å². The number of rotatable bonds is 1. The molecule has 0 aliphatic carbocycles. The molecule has 19 heavy (non-hydrogen) atoms. The van der Waals surface area contributed by atoms with Crippen molar-refractivity contribution in [3.05, 3.63) is 33.7 Å². The zero-order valence-corrected chi connectivity index (χ0v) is 10.6. The van der Waals surface area contributed by atoms with Gasteiger partial charge in [-0.3, -0.25) is 4.79 Å². The van der Waals surface area contributed by atoms with Crippen molar-refractivity contribution < 1.29 is 9.53 Å². The smallest absolute Gasteiger partial charge is 0.318 e. The molecule has 6 heteroatoms. The number of carbonyl (C=O) groups is 1. The number of nitrogens with one attached hydrogen (secondary N) is 2. The van der Waals surface area contributed by atoms with Gasteiger partial charge < -0.3 is 19.9 Å². The van der Waals surface area contributed by atoms with Gasteiger partial charge in [0.25, 0.3) is 0 Å². The molecule has 0 spiro atoms. The monoisotopic (exact) mass is 263 g/mol. The molecule has 1 aromatic heterocycles. The maximum atomic E-state index is 12.1. The van der Waals surface area contributed by atoms with Crippen molar-refractivity contribution in [1.29, 1.82) is 0 Å². The molecule has 0 radical (unpaired) electrons. The fourth-order valence-electron chi connectivity index (χ4n) is 2.54. The summed E-state index contributed by atoms with van der Waals surface area (Å²) < 4.78 is 5.24. The zero-order chi connectivity index (χ0) is 13.2. The number of ether oxygens (including phenoxy) is 1. The van der Waals surface area contributed by atoms with E-state index >= 15 is 0 Å². The van der Waals surface area contributed by atoms with E-state index in [1.54, 1.807) is 11.0 Å². The van der Waals surface area contributed by atoms with Crippen LogP contribution in [0.2, 0.25) is 0 Å².